The summed E-state index contributed by atoms with van der Waals surface area (Å²) >= 11 is 1.66. The van der Waals surface area contributed by atoms with Crippen LogP contribution in [0.1, 0.15) is 13.3 Å². The monoisotopic (exact) mass is 234 g/mol. The third-order valence-corrected chi connectivity index (χ3v) is 3.64. The molecule has 1 aliphatic rings. The molecule has 1 amide bonds. The van der Waals surface area contributed by atoms with Crippen molar-refractivity contribution in [2.45, 2.75) is 24.9 Å². The Hall–Kier alpha value is -0.300. The number of thioether (sulfide) groups is 1. The van der Waals surface area contributed by atoms with Crippen molar-refractivity contribution in [2.24, 2.45) is 0 Å². The summed E-state index contributed by atoms with van der Waals surface area (Å²) in [5.74, 6) is 1.36. The third-order valence-electron chi connectivity index (χ3n) is 2.70. The zero-order chi connectivity index (χ0) is 11.3. The van der Waals surface area contributed by atoms with Crippen LogP contribution in [0.5, 0.6) is 0 Å². The zero-order valence-corrected chi connectivity index (χ0v) is 9.64. The van der Waals surface area contributed by atoms with Gasteiger partial charge in [-0.1, -0.05) is 6.92 Å². The van der Waals surface area contributed by atoms with Crippen molar-refractivity contribution in [3.63, 3.8) is 0 Å². The molecule has 1 heterocycles. The Labute approximate surface area is 93.6 Å². The van der Waals surface area contributed by atoms with Crippen molar-refractivity contribution in [3.05, 3.63) is 0 Å². The second-order valence-corrected chi connectivity index (χ2v) is 4.74. The summed E-state index contributed by atoms with van der Waals surface area (Å²) < 4.78 is 0. The Morgan fingerprint density at radius 1 is 1.60 bits per heavy atom. The van der Waals surface area contributed by atoms with Crippen LogP contribution in [-0.2, 0) is 4.79 Å². The Morgan fingerprint density at radius 2 is 2.27 bits per heavy atom. The minimum atomic E-state index is -0.883. The van der Waals surface area contributed by atoms with Crippen LogP contribution in [0, 0.1) is 0 Å². The van der Waals surface area contributed by atoms with E-state index in [0.717, 1.165) is 11.6 Å². The van der Waals surface area contributed by atoms with Crippen LogP contribution in [0.25, 0.3) is 0 Å². The molecular formula is C9H18N2O3S. The first kappa shape index (κ1) is 12.8. The lowest BCUT2D eigenvalue weighted by Crippen LogP contribution is -2.58. The lowest BCUT2D eigenvalue weighted by Gasteiger charge is -2.30. The van der Waals surface area contributed by atoms with Crippen LogP contribution in [-0.4, -0.2) is 52.5 Å². The Balaban J connectivity index is 2.53. The summed E-state index contributed by atoms with van der Waals surface area (Å²) in [6, 6.07) is -0.209. The maximum absolute atomic E-state index is 11.7. The fourth-order valence-electron chi connectivity index (χ4n) is 1.35. The van der Waals surface area contributed by atoms with Crippen LogP contribution in [0.3, 0.4) is 0 Å². The molecule has 0 aromatic heterocycles. The lowest BCUT2D eigenvalue weighted by molar-refractivity contribution is -0.125. The normalized spacial score (nSPS) is 21.7. The van der Waals surface area contributed by atoms with Gasteiger partial charge in [-0.05, 0) is 6.42 Å². The topological polar surface area (TPSA) is 81.6 Å². The summed E-state index contributed by atoms with van der Waals surface area (Å²) in [4.78, 5) is 11.7. The minimum absolute atomic E-state index is 0.148. The first-order chi connectivity index (χ1) is 7.17. The summed E-state index contributed by atoms with van der Waals surface area (Å²) in [6.45, 7) is 1.33. The van der Waals surface area contributed by atoms with E-state index in [0.29, 0.717) is 6.42 Å². The van der Waals surface area contributed by atoms with Gasteiger partial charge in [0.1, 0.15) is 0 Å². The number of aliphatic hydroxyl groups is 2. The number of hydrogen-bond acceptors (Lipinski definition) is 5. The van der Waals surface area contributed by atoms with E-state index in [1.165, 1.54) is 0 Å². The molecule has 1 aliphatic heterocycles. The number of carbonyl (C=O) groups is 1. The molecule has 0 aromatic rings. The molecule has 0 radical (unpaired) electrons. The van der Waals surface area contributed by atoms with Gasteiger partial charge in [0.25, 0.3) is 0 Å². The third kappa shape index (κ3) is 3.07. The molecular weight excluding hydrogens is 216 g/mol. The SMILES string of the molecule is CCC(CO)(CO)NC(=O)C1CSCN1. The lowest BCUT2D eigenvalue weighted by atomic mass is 9.98. The molecule has 0 spiro atoms. The van der Waals surface area contributed by atoms with E-state index in [1.807, 2.05) is 6.92 Å². The molecule has 15 heavy (non-hydrogen) atoms. The smallest absolute Gasteiger partial charge is 0.238 e. The van der Waals surface area contributed by atoms with E-state index in [4.69, 9.17) is 10.2 Å². The summed E-state index contributed by atoms with van der Waals surface area (Å²) in [5, 5.41) is 24.1. The standard InChI is InChI=1S/C9H18N2O3S/c1-2-9(4-12,5-13)11-8(14)7-3-15-6-10-7/h7,10,12-13H,2-6H2,1H3,(H,11,14). The first-order valence-electron chi connectivity index (χ1n) is 5.02. The van der Waals surface area contributed by atoms with Gasteiger partial charge in [-0.3, -0.25) is 10.1 Å². The van der Waals surface area contributed by atoms with E-state index in [2.05, 4.69) is 10.6 Å². The van der Waals surface area contributed by atoms with Crippen molar-refractivity contribution < 1.29 is 15.0 Å². The van der Waals surface area contributed by atoms with Crippen LogP contribution in [0.4, 0.5) is 0 Å². The van der Waals surface area contributed by atoms with Gasteiger partial charge in [0.05, 0.1) is 24.8 Å². The average molecular weight is 234 g/mol. The molecule has 0 aliphatic carbocycles. The quantitative estimate of drug-likeness (QED) is 0.485. The Morgan fingerprint density at radius 3 is 2.67 bits per heavy atom. The predicted molar refractivity (Wildman–Crippen MR) is 59.6 cm³/mol. The average Bonchev–Trinajstić information content (AvgIpc) is 2.79. The summed E-state index contributed by atoms with van der Waals surface area (Å²) in [7, 11) is 0. The van der Waals surface area contributed by atoms with Gasteiger partial charge in [0.15, 0.2) is 0 Å². The molecule has 0 saturated carbocycles. The Kier molecular flexibility index (Phi) is 4.85. The highest BCUT2D eigenvalue weighted by atomic mass is 32.2. The van der Waals surface area contributed by atoms with Crippen LogP contribution in [0.15, 0.2) is 0 Å². The molecule has 6 heteroatoms. The molecule has 1 saturated heterocycles. The fourth-order valence-corrected chi connectivity index (χ4v) is 2.29. The van der Waals surface area contributed by atoms with E-state index in [1.54, 1.807) is 11.8 Å². The molecule has 0 aromatic carbocycles. The second-order valence-electron chi connectivity index (χ2n) is 3.71. The molecule has 1 atom stereocenters. The molecule has 4 N–H and O–H groups in total. The largest absolute Gasteiger partial charge is 0.394 e. The minimum Gasteiger partial charge on any atom is -0.394 e. The maximum Gasteiger partial charge on any atom is 0.238 e. The maximum atomic E-state index is 11.7. The van der Waals surface area contributed by atoms with E-state index in [-0.39, 0.29) is 25.2 Å². The number of aliphatic hydroxyl groups excluding tert-OH is 2. The second kappa shape index (κ2) is 5.69. The van der Waals surface area contributed by atoms with Gasteiger partial charge in [-0.2, -0.15) is 0 Å². The zero-order valence-electron chi connectivity index (χ0n) is 8.82. The van der Waals surface area contributed by atoms with Crippen LogP contribution in [0.2, 0.25) is 0 Å². The van der Waals surface area contributed by atoms with Crippen molar-refractivity contribution in [3.8, 4) is 0 Å². The van der Waals surface area contributed by atoms with Gasteiger partial charge < -0.3 is 15.5 Å². The molecule has 0 bridgehead atoms. The van der Waals surface area contributed by atoms with Crippen molar-refractivity contribution >= 4 is 17.7 Å². The predicted octanol–water partition coefficient (Wildman–Crippen LogP) is -1.10. The highest BCUT2D eigenvalue weighted by Crippen LogP contribution is 2.13. The van der Waals surface area contributed by atoms with E-state index >= 15 is 0 Å². The van der Waals surface area contributed by atoms with Gasteiger partial charge in [0, 0.05) is 11.6 Å². The van der Waals surface area contributed by atoms with E-state index < -0.39 is 5.54 Å². The van der Waals surface area contributed by atoms with E-state index in [9.17, 15) is 4.79 Å². The molecule has 88 valence electrons. The first-order valence-corrected chi connectivity index (χ1v) is 6.18. The van der Waals surface area contributed by atoms with Crippen molar-refractivity contribution in [2.75, 3.05) is 24.8 Å². The fraction of sp³-hybridized carbons (Fsp3) is 0.889. The molecule has 1 fully saturated rings. The number of carbonyl (C=O) groups excluding carboxylic acids is 1. The van der Waals surface area contributed by atoms with Gasteiger partial charge in [0.2, 0.25) is 5.91 Å². The van der Waals surface area contributed by atoms with Crippen LogP contribution >= 0.6 is 11.8 Å². The van der Waals surface area contributed by atoms with Gasteiger partial charge >= 0.3 is 0 Å². The highest BCUT2D eigenvalue weighted by Gasteiger charge is 2.32. The molecule has 1 unspecified atom stereocenters. The van der Waals surface area contributed by atoms with Gasteiger partial charge in [-0.25, -0.2) is 0 Å². The number of amides is 1. The van der Waals surface area contributed by atoms with Crippen LogP contribution < -0.4 is 10.6 Å². The highest BCUT2D eigenvalue weighted by molar-refractivity contribution is 7.99. The number of hydrogen-bond donors (Lipinski definition) is 4. The summed E-state index contributed by atoms with van der Waals surface area (Å²) in [6.07, 6.45) is 0.506. The molecule has 1 rings (SSSR count). The van der Waals surface area contributed by atoms with Gasteiger partial charge in [-0.15, -0.1) is 11.8 Å². The number of nitrogens with one attached hydrogen (secondary N) is 2. The number of rotatable bonds is 5. The van der Waals surface area contributed by atoms with Crippen molar-refractivity contribution in [1.82, 2.24) is 10.6 Å². The summed E-state index contributed by atoms with van der Waals surface area (Å²) in [5.41, 5.74) is -0.883. The van der Waals surface area contributed by atoms with Crippen molar-refractivity contribution in [1.29, 1.82) is 0 Å². The Bertz CT molecular complexity index is 207. The molecule has 5 nitrogen and oxygen atoms in total.